The predicted molar refractivity (Wildman–Crippen MR) is 64.2 cm³/mol. The first kappa shape index (κ1) is 13.2. The van der Waals surface area contributed by atoms with Crippen molar-refractivity contribution in [2.24, 2.45) is 11.1 Å². The molecule has 0 amide bonds. The first-order valence-electron chi connectivity index (χ1n) is 5.06. The van der Waals surface area contributed by atoms with Crippen LogP contribution in [0.15, 0.2) is 35.2 Å². The van der Waals surface area contributed by atoms with Crippen LogP contribution < -0.4 is 10.5 Å². The van der Waals surface area contributed by atoms with E-state index in [0.29, 0.717) is 0 Å². The molecule has 0 aliphatic carbocycles. The molecule has 1 unspecified atom stereocenters. The molecule has 1 rings (SSSR count). The molecule has 5 heteroatoms. The van der Waals surface area contributed by atoms with Gasteiger partial charge in [-0.25, -0.2) is 8.42 Å². The van der Waals surface area contributed by atoms with Crippen molar-refractivity contribution in [2.75, 3.05) is 0 Å². The first-order chi connectivity index (χ1) is 7.23. The van der Waals surface area contributed by atoms with Crippen molar-refractivity contribution in [3.8, 4) is 0 Å². The van der Waals surface area contributed by atoms with Crippen molar-refractivity contribution < 1.29 is 8.42 Å². The lowest BCUT2D eigenvalue weighted by molar-refractivity contribution is 0.305. The average molecular weight is 242 g/mol. The Balaban J connectivity index is 2.90. The zero-order valence-corrected chi connectivity index (χ0v) is 10.6. The van der Waals surface area contributed by atoms with Crippen molar-refractivity contribution >= 4 is 10.0 Å². The van der Waals surface area contributed by atoms with E-state index in [0.717, 1.165) is 0 Å². The van der Waals surface area contributed by atoms with E-state index < -0.39 is 16.2 Å². The number of benzene rings is 1. The monoisotopic (exact) mass is 242 g/mol. The minimum absolute atomic E-state index is 0.231. The largest absolute Gasteiger partial charge is 0.315 e. The summed E-state index contributed by atoms with van der Waals surface area (Å²) in [7, 11) is -3.52. The van der Waals surface area contributed by atoms with Crippen LogP contribution in [0.25, 0.3) is 0 Å². The van der Waals surface area contributed by atoms with Gasteiger partial charge < -0.3 is 5.73 Å². The summed E-state index contributed by atoms with van der Waals surface area (Å²) < 4.78 is 26.3. The Labute approximate surface area is 96.9 Å². The fourth-order valence-electron chi connectivity index (χ4n) is 1.01. The van der Waals surface area contributed by atoms with Crippen LogP contribution in [0.5, 0.6) is 0 Å². The molecule has 0 aromatic heterocycles. The Hall–Kier alpha value is -0.910. The molecule has 0 spiro atoms. The van der Waals surface area contributed by atoms with Crippen molar-refractivity contribution in [1.29, 1.82) is 0 Å². The molecule has 0 fully saturated rings. The second-order valence-corrected chi connectivity index (χ2v) is 6.49. The quantitative estimate of drug-likeness (QED) is 0.785. The van der Waals surface area contributed by atoms with Gasteiger partial charge in [0.1, 0.15) is 0 Å². The predicted octanol–water partition coefficient (Wildman–Crippen LogP) is 1.30. The van der Waals surface area contributed by atoms with Crippen LogP contribution in [-0.4, -0.2) is 14.6 Å². The zero-order valence-electron chi connectivity index (χ0n) is 9.77. The van der Waals surface area contributed by atoms with Crippen LogP contribution in [0.4, 0.5) is 0 Å². The molecule has 16 heavy (non-hydrogen) atoms. The molecule has 4 nitrogen and oxygen atoms in total. The molecule has 90 valence electrons. The highest BCUT2D eigenvalue weighted by molar-refractivity contribution is 7.89. The third kappa shape index (κ3) is 3.30. The molecule has 0 heterocycles. The average Bonchev–Trinajstić information content (AvgIpc) is 2.17. The van der Waals surface area contributed by atoms with E-state index in [-0.39, 0.29) is 10.3 Å². The fourth-order valence-corrected chi connectivity index (χ4v) is 2.35. The number of hydrogen-bond donors (Lipinski definition) is 2. The minimum Gasteiger partial charge on any atom is -0.315 e. The van der Waals surface area contributed by atoms with Gasteiger partial charge in [0.2, 0.25) is 10.0 Å². The van der Waals surface area contributed by atoms with Crippen LogP contribution in [-0.2, 0) is 10.0 Å². The fraction of sp³-hybridized carbons (Fsp3) is 0.455. The van der Waals surface area contributed by atoms with E-state index in [9.17, 15) is 8.42 Å². The third-order valence-corrected chi connectivity index (χ3v) is 3.73. The molecule has 0 radical (unpaired) electrons. The lowest BCUT2D eigenvalue weighted by Gasteiger charge is -2.27. The van der Waals surface area contributed by atoms with Gasteiger partial charge in [0.25, 0.3) is 0 Å². The molecular weight excluding hydrogens is 224 g/mol. The van der Waals surface area contributed by atoms with Gasteiger partial charge in [0, 0.05) is 0 Å². The number of hydrogen-bond acceptors (Lipinski definition) is 3. The number of rotatable bonds is 3. The molecular formula is C11H18N2O2S. The Morgan fingerprint density at radius 3 is 2.12 bits per heavy atom. The number of nitrogens with one attached hydrogen (secondary N) is 1. The molecule has 1 atom stereocenters. The maximum absolute atomic E-state index is 11.9. The van der Waals surface area contributed by atoms with Gasteiger partial charge in [-0.1, -0.05) is 39.0 Å². The lowest BCUT2D eigenvalue weighted by atomic mass is 9.94. The van der Waals surface area contributed by atoms with Gasteiger partial charge in [0.05, 0.1) is 11.1 Å². The zero-order chi connectivity index (χ0) is 12.4. The molecule has 3 N–H and O–H groups in total. The SMILES string of the molecule is CC(C)(C)C(N)NS(=O)(=O)c1ccccc1. The van der Waals surface area contributed by atoms with Crippen molar-refractivity contribution in [2.45, 2.75) is 31.8 Å². The number of sulfonamides is 1. The maximum atomic E-state index is 11.9. The van der Waals surface area contributed by atoms with E-state index in [1.807, 2.05) is 20.8 Å². The van der Waals surface area contributed by atoms with Crippen LogP contribution in [0, 0.1) is 5.41 Å². The highest BCUT2D eigenvalue weighted by atomic mass is 32.2. The molecule has 1 aromatic rings. The number of nitrogens with two attached hydrogens (primary N) is 1. The van der Waals surface area contributed by atoms with E-state index in [1.165, 1.54) is 12.1 Å². The van der Waals surface area contributed by atoms with Crippen LogP contribution in [0.2, 0.25) is 0 Å². The molecule has 0 bridgehead atoms. The lowest BCUT2D eigenvalue weighted by Crippen LogP contribution is -2.49. The highest BCUT2D eigenvalue weighted by Crippen LogP contribution is 2.17. The molecule has 0 saturated carbocycles. The second kappa shape index (κ2) is 4.53. The molecule has 0 aliphatic heterocycles. The van der Waals surface area contributed by atoms with Crippen LogP contribution in [0.3, 0.4) is 0 Å². The summed E-state index contributed by atoms with van der Waals surface area (Å²) in [5.41, 5.74) is 5.47. The normalized spacial score (nSPS) is 14.8. The summed E-state index contributed by atoms with van der Waals surface area (Å²) in [6, 6.07) is 8.20. The summed E-state index contributed by atoms with van der Waals surface area (Å²) >= 11 is 0. The molecule has 0 aliphatic rings. The van der Waals surface area contributed by atoms with E-state index in [4.69, 9.17) is 5.73 Å². The van der Waals surface area contributed by atoms with Gasteiger partial charge in [0.15, 0.2) is 0 Å². The van der Waals surface area contributed by atoms with E-state index in [1.54, 1.807) is 18.2 Å². The van der Waals surface area contributed by atoms with Gasteiger partial charge in [-0.15, -0.1) is 0 Å². The second-order valence-electron chi connectivity index (χ2n) is 4.78. The summed E-state index contributed by atoms with van der Waals surface area (Å²) in [4.78, 5) is 0.231. The van der Waals surface area contributed by atoms with Gasteiger partial charge in [-0.2, -0.15) is 4.72 Å². The van der Waals surface area contributed by atoms with Gasteiger partial charge >= 0.3 is 0 Å². The summed E-state index contributed by atoms with van der Waals surface area (Å²) in [6.07, 6.45) is -0.613. The van der Waals surface area contributed by atoms with Crippen LogP contribution in [0.1, 0.15) is 20.8 Å². The first-order valence-corrected chi connectivity index (χ1v) is 6.55. The van der Waals surface area contributed by atoms with Crippen molar-refractivity contribution in [1.82, 2.24) is 4.72 Å². The smallest absolute Gasteiger partial charge is 0.241 e. The summed E-state index contributed by atoms with van der Waals surface area (Å²) in [6.45, 7) is 5.64. The summed E-state index contributed by atoms with van der Waals surface area (Å²) in [5.74, 6) is 0. The molecule has 1 aromatic carbocycles. The molecule has 0 saturated heterocycles. The Bertz CT molecular complexity index is 435. The minimum atomic E-state index is -3.52. The summed E-state index contributed by atoms with van der Waals surface area (Å²) in [5, 5.41) is 0. The van der Waals surface area contributed by atoms with Gasteiger partial charge in [-0.3, -0.25) is 0 Å². The third-order valence-electron chi connectivity index (χ3n) is 2.27. The highest BCUT2D eigenvalue weighted by Gasteiger charge is 2.26. The van der Waals surface area contributed by atoms with E-state index in [2.05, 4.69) is 4.72 Å². The Morgan fingerprint density at radius 1 is 1.19 bits per heavy atom. The maximum Gasteiger partial charge on any atom is 0.241 e. The standard InChI is InChI=1S/C11H18N2O2S/c1-11(2,3)10(12)13-16(14,15)9-7-5-4-6-8-9/h4-8,10,13H,12H2,1-3H3. The van der Waals surface area contributed by atoms with Gasteiger partial charge in [-0.05, 0) is 17.5 Å². The Kier molecular flexibility index (Phi) is 3.72. The van der Waals surface area contributed by atoms with Crippen molar-refractivity contribution in [3.05, 3.63) is 30.3 Å². The van der Waals surface area contributed by atoms with Crippen molar-refractivity contribution in [3.63, 3.8) is 0 Å². The topological polar surface area (TPSA) is 72.2 Å². The van der Waals surface area contributed by atoms with E-state index >= 15 is 0 Å². The Morgan fingerprint density at radius 2 is 1.69 bits per heavy atom. The van der Waals surface area contributed by atoms with Crippen LogP contribution >= 0.6 is 0 Å².